The molecule has 5 rings (SSSR count). The standard InChI is InChI=1S/C30H29N3O3/c1-29(28(35)36)18-20-32(27(29)34)19-17-26-21-31-22-33(26)30(23-11-5-2-6-12-23,24-13-7-3-8-14-24)25-15-9-4-10-16-25/h2-16,21-22H,17-20H2,1H3,(H,35,36)/t29-/m1/s1. The normalized spacial score (nSPS) is 17.9. The monoisotopic (exact) mass is 479 g/mol. The number of rotatable bonds is 8. The third-order valence-corrected chi connectivity index (χ3v) is 7.40. The van der Waals surface area contributed by atoms with Crippen molar-refractivity contribution >= 4 is 11.9 Å². The Hall–Kier alpha value is -4.19. The Kier molecular flexibility index (Phi) is 6.18. The number of imidazole rings is 1. The van der Waals surface area contributed by atoms with Crippen molar-refractivity contribution in [2.75, 3.05) is 13.1 Å². The Morgan fingerprint density at radius 3 is 1.86 bits per heavy atom. The number of carboxylic acid groups (broad SMARTS) is 1. The van der Waals surface area contributed by atoms with Crippen LogP contribution in [0.3, 0.4) is 0 Å². The number of likely N-dealkylation sites (tertiary alicyclic amines) is 1. The van der Waals surface area contributed by atoms with Crippen molar-refractivity contribution in [3.8, 4) is 0 Å². The highest BCUT2D eigenvalue weighted by atomic mass is 16.4. The molecule has 0 saturated carbocycles. The molecule has 0 aliphatic carbocycles. The fraction of sp³-hybridized carbons (Fsp3) is 0.233. The van der Waals surface area contributed by atoms with E-state index >= 15 is 0 Å². The highest BCUT2D eigenvalue weighted by Crippen LogP contribution is 2.41. The van der Waals surface area contributed by atoms with Crippen molar-refractivity contribution in [3.63, 3.8) is 0 Å². The SMILES string of the molecule is C[C@@]1(C(=O)O)CCN(CCc2cncn2C(c2ccccc2)(c2ccccc2)c2ccccc2)C1=O. The third kappa shape index (κ3) is 3.79. The van der Waals surface area contributed by atoms with E-state index in [0.717, 1.165) is 22.4 Å². The molecule has 1 aliphatic heterocycles. The van der Waals surface area contributed by atoms with Gasteiger partial charge in [0.05, 0.1) is 6.33 Å². The van der Waals surface area contributed by atoms with Crippen LogP contribution in [-0.2, 0) is 21.5 Å². The summed E-state index contributed by atoms with van der Waals surface area (Å²) in [6.45, 7) is 2.39. The van der Waals surface area contributed by atoms with E-state index in [1.165, 1.54) is 6.92 Å². The Morgan fingerprint density at radius 1 is 0.917 bits per heavy atom. The van der Waals surface area contributed by atoms with E-state index in [2.05, 4.69) is 45.9 Å². The molecule has 182 valence electrons. The number of nitrogens with zero attached hydrogens (tertiary/aromatic N) is 3. The van der Waals surface area contributed by atoms with Gasteiger partial charge in [0.15, 0.2) is 0 Å². The van der Waals surface area contributed by atoms with Crippen molar-refractivity contribution in [1.29, 1.82) is 0 Å². The van der Waals surface area contributed by atoms with Gasteiger partial charge in [-0.3, -0.25) is 9.59 Å². The van der Waals surface area contributed by atoms with Crippen LogP contribution in [0.15, 0.2) is 104 Å². The molecular weight excluding hydrogens is 450 g/mol. The second-order valence-corrected chi connectivity index (χ2v) is 9.49. The van der Waals surface area contributed by atoms with Gasteiger partial charge in [0.2, 0.25) is 5.91 Å². The molecule has 6 nitrogen and oxygen atoms in total. The number of hydrogen-bond donors (Lipinski definition) is 1. The van der Waals surface area contributed by atoms with Gasteiger partial charge >= 0.3 is 5.97 Å². The van der Waals surface area contributed by atoms with Crippen LogP contribution in [0.5, 0.6) is 0 Å². The third-order valence-electron chi connectivity index (χ3n) is 7.40. The molecular formula is C30H29N3O3. The van der Waals surface area contributed by atoms with E-state index in [0.29, 0.717) is 25.9 Å². The first-order valence-corrected chi connectivity index (χ1v) is 12.2. The van der Waals surface area contributed by atoms with Crippen molar-refractivity contribution in [1.82, 2.24) is 14.5 Å². The average molecular weight is 480 g/mol. The number of benzene rings is 3. The Morgan fingerprint density at radius 2 is 1.42 bits per heavy atom. The van der Waals surface area contributed by atoms with Crippen molar-refractivity contribution in [2.24, 2.45) is 5.41 Å². The van der Waals surface area contributed by atoms with Gasteiger partial charge in [-0.25, -0.2) is 4.98 Å². The molecule has 3 aromatic carbocycles. The maximum atomic E-state index is 12.9. The lowest BCUT2D eigenvalue weighted by Gasteiger charge is -2.38. The van der Waals surface area contributed by atoms with Gasteiger partial charge in [0.25, 0.3) is 0 Å². The second-order valence-electron chi connectivity index (χ2n) is 9.49. The molecule has 0 spiro atoms. The summed E-state index contributed by atoms with van der Waals surface area (Å²) in [5, 5.41) is 9.58. The minimum Gasteiger partial charge on any atom is -0.480 e. The van der Waals surface area contributed by atoms with Crippen LogP contribution >= 0.6 is 0 Å². The second kappa shape index (κ2) is 9.46. The Balaban J connectivity index is 1.61. The zero-order valence-corrected chi connectivity index (χ0v) is 20.2. The molecule has 0 radical (unpaired) electrons. The van der Waals surface area contributed by atoms with Crippen LogP contribution in [-0.4, -0.2) is 44.5 Å². The van der Waals surface area contributed by atoms with Gasteiger partial charge in [0.1, 0.15) is 11.0 Å². The lowest BCUT2D eigenvalue weighted by Crippen LogP contribution is -2.40. The molecule has 1 saturated heterocycles. The number of aromatic nitrogens is 2. The molecule has 1 amide bonds. The minimum absolute atomic E-state index is 0.318. The van der Waals surface area contributed by atoms with Gasteiger partial charge in [-0.2, -0.15) is 0 Å². The molecule has 2 heterocycles. The predicted molar refractivity (Wildman–Crippen MR) is 137 cm³/mol. The first kappa shape index (κ1) is 23.5. The number of carbonyl (C=O) groups is 2. The molecule has 1 aliphatic rings. The van der Waals surface area contributed by atoms with Gasteiger partial charge in [-0.15, -0.1) is 0 Å². The maximum Gasteiger partial charge on any atom is 0.318 e. The number of carbonyl (C=O) groups excluding carboxylic acids is 1. The van der Waals surface area contributed by atoms with E-state index in [-0.39, 0.29) is 5.91 Å². The first-order chi connectivity index (χ1) is 17.5. The molecule has 0 bridgehead atoms. The van der Waals surface area contributed by atoms with E-state index in [4.69, 9.17) is 0 Å². The Labute approximate surface area is 210 Å². The van der Waals surface area contributed by atoms with Crippen LogP contribution in [0.1, 0.15) is 35.7 Å². The quantitative estimate of drug-likeness (QED) is 0.296. The molecule has 36 heavy (non-hydrogen) atoms. The minimum atomic E-state index is -1.35. The smallest absolute Gasteiger partial charge is 0.318 e. The van der Waals surface area contributed by atoms with E-state index in [1.54, 1.807) is 4.90 Å². The molecule has 1 fully saturated rings. The molecule has 0 unspecified atom stereocenters. The molecule has 1 atom stereocenters. The molecule has 6 heteroatoms. The number of hydrogen-bond acceptors (Lipinski definition) is 3. The van der Waals surface area contributed by atoms with Gasteiger partial charge in [-0.1, -0.05) is 91.0 Å². The predicted octanol–water partition coefficient (Wildman–Crippen LogP) is 4.59. The lowest BCUT2D eigenvalue weighted by atomic mass is 9.76. The lowest BCUT2D eigenvalue weighted by molar-refractivity contribution is -0.154. The number of carboxylic acids is 1. The maximum absolute atomic E-state index is 12.9. The summed E-state index contributed by atoms with van der Waals surface area (Å²) in [7, 11) is 0. The van der Waals surface area contributed by atoms with Gasteiger partial charge < -0.3 is 14.6 Å². The fourth-order valence-corrected chi connectivity index (χ4v) is 5.34. The largest absolute Gasteiger partial charge is 0.480 e. The van der Waals surface area contributed by atoms with E-state index in [9.17, 15) is 14.7 Å². The zero-order valence-electron chi connectivity index (χ0n) is 20.2. The summed E-state index contributed by atoms with van der Waals surface area (Å²) in [4.78, 5) is 30.8. The van der Waals surface area contributed by atoms with Crippen molar-refractivity contribution in [2.45, 2.75) is 25.3 Å². The fourth-order valence-electron chi connectivity index (χ4n) is 5.34. The summed E-state index contributed by atoms with van der Waals surface area (Å²) in [6, 6.07) is 31.1. The van der Waals surface area contributed by atoms with Crippen LogP contribution in [0, 0.1) is 5.41 Å². The first-order valence-electron chi connectivity index (χ1n) is 12.2. The van der Waals surface area contributed by atoms with Crippen LogP contribution < -0.4 is 0 Å². The highest BCUT2D eigenvalue weighted by Gasteiger charge is 2.49. The summed E-state index contributed by atoms with van der Waals surface area (Å²) in [5.74, 6) is -1.38. The van der Waals surface area contributed by atoms with Crippen molar-refractivity contribution in [3.05, 3.63) is 126 Å². The summed E-state index contributed by atoms with van der Waals surface area (Å²) in [6.07, 6.45) is 4.58. The topological polar surface area (TPSA) is 75.4 Å². The van der Waals surface area contributed by atoms with E-state index in [1.807, 2.05) is 67.1 Å². The summed E-state index contributed by atoms with van der Waals surface area (Å²) in [5.41, 5.74) is 2.22. The van der Waals surface area contributed by atoms with Crippen LogP contribution in [0.25, 0.3) is 0 Å². The highest BCUT2D eigenvalue weighted by molar-refractivity contribution is 6.02. The molecule has 4 aromatic rings. The molecule has 1 aromatic heterocycles. The average Bonchev–Trinajstić information content (AvgIpc) is 3.50. The van der Waals surface area contributed by atoms with Crippen LogP contribution in [0.2, 0.25) is 0 Å². The molecule has 1 N–H and O–H groups in total. The Bertz CT molecular complexity index is 1260. The van der Waals surface area contributed by atoms with Gasteiger partial charge in [-0.05, 0) is 30.0 Å². The number of amides is 1. The van der Waals surface area contributed by atoms with Crippen molar-refractivity contribution < 1.29 is 14.7 Å². The summed E-state index contributed by atoms with van der Waals surface area (Å²) >= 11 is 0. The van der Waals surface area contributed by atoms with Crippen LogP contribution in [0.4, 0.5) is 0 Å². The van der Waals surface area contributed by atoms with E-state index < -0.39 is 16.9 Å². The number of aliphatic carboxylic acids is 1. The van der Waals surface area contributed by atoms with Gasteiger partial charge in [0, 0.05) is 31.4 Å². The summed E-state index contributed by atoms with van der Waals surface area (Å²) < 4.78 is 2.20. The zero-order chi connectivity index (χ0) is 25.2.